The van der Waals surface area contributed by atoms with Crippen molar-refractivity contribution >= 4 is 34.8 Å². The number of nitrogens with one attached hydrogen (secondary N) is 3. The Morgan fingerprint density at radius 2 is 1.97 bits per heavy atom. The van der Waals surface area contributed by atoms with Gasteiger partial charge in [-0.1, -0.05) is 6.58 Å². The van der Waals surface area contributed by atoms with E-state index in [1.165, 1.54) is 12.1 Å². The fourth-order valence-electron chi connectivity index (χ4n) is 5.02. The Balaban J connectivity index is 1.38. The van der Waals surface area contributed by atoms with Crippen LogP contribution in [0.4, 0.5) is 15.8 Å². The van der Waals surface area contributed by atoms with Crippen LogP contribution in [0, 0.1) is 12.7 Å². The summed E-state index contributed by atoms with van der Waals surface area (Å²) in [5.41, 5.74) is 3.22. The van der Waals surface area contributed by atoms with Crippen molar-refractivity contribution in [3.8, 4) is 0 Å². The minimum absolute atomic E-state index is 0.0111. The fourth-order valence-corrected chi connectivity index (χ4v) is 5.02. The third kappa shape index (κ3) is 4.99. The second-order valence-electron chi connectivity index (χ2n) is 10.6. The molecule has 3 aliphatic rings. The summed E-state index contributed by atoms with van der Waals surface area (Å²) in [4.78, 5) is 33.7. The molecule has 1 fully saturated rings. The molecule has 202 valence electrons. The molecule has 1 aromatic carbocycles. The van der Waals surface area contributed by atoms with Gasteiger partial charge in [0.1, 0.15) is 5.82 Å². The maximum atomic E-state index is 15.0. The van der Waals surface area contributed by atoms with Gasteiger partial charge in [0, 0.05) is 61.8 Å². The predicted octanol–water partition coefficient (Wildman–Crippen LogP) is 2.98. The lowest BCUT2D eigenvalue weighted by Gasteiger charge is -2.32. The molecule has 0 bridgehead atoms. The summed E-state index contributed by atoms with van der Waals surface area (Å²) in [6, 6.07) is 2.78. The topological polar surface area (TPSA) is 110 Å². The molecule has 0 saturated carbocycles. The van der Waals surface area contributed by atoms with Gasteiger partial charge in [0.15, 0.2) is 0 Å². The Bertz CT molecular complexity index is 1330. The molecule has 1 aromatic heterocycles. The standard InChI is InChI=1S/C28H34FN5O4/c1-16-22(31-21-5-6-34(27(36)25(16)21)8-7-33-9-11-38-12-10-33)14-19-18-13-20(29)24(15-23(18)32-26(19)35)30-17(2)28(3,4)37/h13-15,30-31,37H,2,5-12H2,1,3-4H3,(H,32,35)/b19-14-. The highest BCUT2D eigenvalue weighted by Gasteiger charge is 2.31. The first kappa shape index (κ1) is 26.1. The number of nitrogens with zero attached hydrogens (tertiary/aromatic N) is 2. The zero-order valence-electron chi connectivity index (χ0n) is 22.0. The number of carbonyl (C=O) groups excluding carboxylic acids is 2. The fraction of sp³-hybridized carbons (Fsp3) is 0.429. The van der Waals surface area contributed by atoms with E-state index in [0.29, 0.717) is 47.6 Å². The van der Waals surface area contributed by atoms with Crippen LogP contribution < -0.4 is 10.6 Å². The normalized spacial score (nSPS) is 19.0. The average molecular weight is 524 g/mol. The third-order valence-corrected chi connectivity index (χ3v) is 7.49. The molecule has 1 saturated heterocycles. The van der Waals surface area contributed by atoms with Gasteiger partial charge in [0.05, 0.1) is 41.3 Å². The second-order valence-corrected chi connectivity index (χ2v) is 10.6. The summed E-state index contributed by atoms with van der Waals surface area (Å²) in [6.45, 7) is 14.0. The van der Waals surface area contributed by atoms with E-state index in [1.807, 2.05) is 11.8 Å². The van der Waals surface area contributed by atoms with Crippen LogP contribution >= 0.6 is 0 Å². The maximum absolute atomic E-state index is 15.0. The van der Waals surface area contributed by atoms with Crippen molar-refractivity contribution in [2.24, 2.45) is 0 Å². The van der Waals surface area contributed by atoms with Crippen molar-refractivity contribution in [2.75, 3.05) is 56.6 Å². The smallest absolute Gasteiger partial charge is 0.256 e. The van der Waals surface area contributed by atoms with E-state index >= 15 is 0 Å². The molecule has 2 aromatic rings. The lowest BCUT2D eigenvalue weighted by molar-refractivity contribution is -0.110. The zero-order valence-corrected chi connectivity index (χ0v) is 22.0. The van der Waals surface area contributed by atoms with Gasteiger partial charge >= 0.3 is 0 Å². The van der Waals surface area contributed by atoms with Crippen LogP contribution in [0.1, 0.15) is 46.7 Å². The number of carbonyl (C=O) groups is 2. The molecular weight excluding hydrogens is 489 g/mol. The molecule has 0 radical (unpaired) electrons. The monoisotopic (exact) mass is 523 g/mol. The number of anilines is 2. The number of hydrogen-bond acceptors (Lipinski definition) is 6. The lowest BCUT2D eigenvalue weighted by atomic mass is 10.0. The SMILES string of the molecule is C=C(Nc1cc2c(cc1F)/C(=C/c1[nH]c3c(c1C)C(=O)N(CCN1CCOCC1)CC3)C(=O)N2)C(C)(C)O. The van der Waals surface area contributed by atoms with Crippen molar-refractivity contribution < 1.29 is 23.8 Å². The molecule has 0 aliphatic carbocycles. The summed E-state index contributed by atoms with van der Waals surface area (Å²) < 4.78 is 20.4. The van der Waals surface area contributed by atoms with Gasteiger partial charge in [-0.3, -0.25) is 14.5 Å². The van der Waals surface area contributed by atoms with Gasteiger partial charge in [-0.15, -0.1) is 0 Å². The van der Waals surface area contributed by atoms with E-state index in [9.17, 15) is 19.1 Å². The summed E-state index contributed by atoms with van der Waals surface area (Å²) in [5.74, 6) is -0.948. The number of H-pyrrole nitrogens is 1. The number of hydrogen-bond donors (Lipinski definition) is 4. The van der Waals surface area contributed by atoms with Gasteiger partial charge in [0.2, 0.25) is 0 Å². The zero-order chi connectivity index (χ0) is 27.2. The van der Waals surface area contributed by atoms with Crippen LogP contribution in [0.2, 0.25) is 0 Å². The molecule has 0 unspecified atom stereocenters. The minimum atomic E-state index is -1.25. The van der Waals surface area contributed by atoms with Crippen molar-refractivity contribution in [1.82, 2.24) is 14.8 Å². The first-order chi connectivity index (χ1) is 18.0. The molecule has 4 heterocycles. The van der Waals surface area contributed by atoms with E-state index in [-0.39, 0.29) is 23.2 Å². The van der Waals surface area contributed by atoms with Crippen LogP contribution in [0.5, 0.6) is 0 Å². The average Bonchev–Trinajstić information content (AvgIpc) is 3.35. The Labute approximate surface area is 221 Å². The predicted molar refractivity (Wildman–Crippen MR) is 144 cm³/mol. The van der Waals surface area contributed by atoms with Crippen LogP contribution in [0.15, 0.2) is 24.4 Å². The van der Waals surface area contributed by atoms with Gasteiger partial charge in [-0.05, 0) is 44.5 Å². The lowest BCUT2D eigenvalue weighted by Crippen LogP contribution is -2.45. The number of aliphatic hydroxyl groups is 1. The molecule has 38 heavy (non-hydrogen) atoms. The highest BCUT2D eigenvalue weighted by molar-refractivity contribution is 6.35. The van der Waals surface area contributed by atoms with E-state index in [0.717, 1.165) is 44.1 Å². The number of aromatic nitrogens is 1. The largest absolute Gasteiger partial charge is 0.384 e. The first-order valence-corrected chi connectivity index (χ1v) is 12.9. The number of aromatic amines is 1. The van der Waals surface area contributed by atoms with E-state index in [1.54, 1.807) is 19.9 Å². The van der Waals surface area contributed by atoms with E-state index in [2.05, 4.69) is 27.1 Å². The van der Waals surface area contributed by atoms with Crippen molar-refractivity contribution in [2.45, 2.75) is 32.8 Å². The van der Waals surface area contributed by atoms with E-state index in [4.69, 9.17) is 4.74 Å². The van der Waals surface area contributed by atoms with Gasteiger partial charge < -0.3 is 30.4 Å². The summed E-state index contributed by atoms with van der Waals surface area (Å²) >= 11 is 0. The molecule has 0 atom stereocenters. The van der Waals surface area contributed by atoms with E-state index < -0.39 is 11.4 Å². The Morgan fingerprint density at radius 3 is 2.68 bits per heavy atom. The number of benzene rings is 1. The summed E-state index contributed by atoms with van der Waals surface area (Å²) in [7, 11) is 0. The van der Waals surface area contributed by atoms with Crippen molar-refractivity contribution in [3.05, 3.63) is 58.3 Å². The molecule has 9 nitrogen and oxygen atoms in total. The van der Waals surface area contributed by atoms with Crippen LogP contribution in [-0.2, 0) is 16.0 Å². The van der Waals surface area contributed by atoms with Gasteiger partial charge in [0.25, 0.3) is 11.8 Å². The number of morpholine rings is 1. The first-order valence-electron chi connectivity index (χ1n) is 12.9. The second kappa shape index (κ2) is 10.0. The van der Waals surface area contributed by atoms with Crippen molar-refractivity contribution in [3.63, 3.8) is 0 Å². The van der Waals surface area contributed by atoms with Crippen molar-refractivity contribution in [1.29, 1.82) is 0 Å². The quantitative estimate of drug-likeness (QED) is 0.416. The number of fused-ring (bicyclic) bond motifs is 2. The number of ether oxygens (including phenoxy) is 1. The Morgan fingerprint density at radius 1 is 1.24 bits per heavy atom. The molecule has 3 aliphatic heterocycles. The molecule has 10 heteroatoms. The minimum Gasteiger partial charge on any atom is -0.384 e. The molecule has 0 spiro atoms. The third-order valence-electron chi connectivity index (χ3n) is 7.49. The van der Waals surface area contributed by atoms with Crippen LogP contribution in [0.25, 0.3) is 11.6 Å². The molecule has 2 amide bonds. The molecule has 4 N–H and O–H groups in total. The van der Waals surface area contributed by atoms with Crippen LogP contribution in [-0.4, -0.2) is 83.2 Å². The summed E-state index contributed by atoms with van der Waals surface area (Å²) in [6.07, 6.45) is 2.38. The highest BCUT2D eigenvalue weighted by Crippen LogP contribution is 2.38. The maximum Gasteiger partial charge on any atom is 0.256 e. The Kier molecular flexibility index (Phi) is 6.89. The van der Waals surface area contributed by atoms with Gasteiger partial charge in [-0.25, -0.2) is 4.39 Å². The number of halogens is 1. The Hall–Kier alpha value is -3.47. The number of rotatable bonds is 7. The van der Waals surface area contributed by atoms with Gasteiger partial charge in [-0.2, -0.15) is 0 Å². The number of amides is 2. The highest BCUT2D eigenvalue weighted by atomic mass is 19.1. The molecular formula is C28H34FN5O4. The molecule has 5 rings (SSSR count). The summed E-state index contributed by atoms with van der Waals surface area (Å²) in [5, 5.41) is 15.7. The van der Waals surface area contributed by atoms with Crippen LogP contribution in [0.3, 0.4) is 0 Å².